The molecule has 0 heterocycles. The van der Waals surface area contributed by atoms with Crippen molar-refractivity contribution in [2.45, 2.75) is 55.6 Å². The van der Waals surface area contributed by atoms with Gasteiger partial charge in [0.15, 0.2) is 0 Å². The molecule has 72 valence electrons. The second-order valence-corrected chi connectivity index (χ2v) is 5.18. The second-order valence-electron chi connectivity index (χ2n) is 5.18. The van der Waals surface area contributed by atoms with E-state index in [1.165, 1.54) is 48.7 Å². The molecule has 0 N–H and O–H groups in total. The van der Waals surface area contributed by atoms with Gasteiger partial charge in [-0.1, -0.05) is 0 Å². The molecule has 2 heteroatoms. The Kier molecular flexibility index (Phi) is 7.07. The van der Waals surface area contributed by atoms with E-state index in [0.29, 0.717) is 0 Å². The van der Waals surface area contributed by atoms with E-state index < -0.39 is 0 Å². The van der Waals surface area contributed by atoms with E-state index in [2.05, 4.69) is 42.4 Å². The first-order valence-electron chi connectivity index (χ1n) is 6.81. The normalized spacial score (nSPS) is 33.4. The molecule has 1 aliphatic rings. The van der Waals surface area contributed by atoms with Crippen molar-refractivity contribution in [3.8, 4) is 0 Å². The maximum absolute atomic E-state index is 2.39. The van der Waals surface area contributed by atoms with Crippen LogP contribution < -0.4 is 0 Å². The second kappa shape index (κ2) is 7.47. The van der Waals surface area contributed by atoms with Gasteiger partial charge >= 0.3 is 109 Å². The molecular formula is C12H22Li2. The summed E-state index contributed by atoms with van der Waals surface area (Å²) in [5.74, 6) is 3.19. The minimum atomic E-state index is 1.06. The van der Waals surface area contributed by atoms with Gasteiger partial charge in [0.05, 0.1) is 0 Å². The summed E-state index contributed by atoms with van der Waals surface area (Å²) in [5, 5.41) is 2.78. The fraction of sp³-hybridized carbons (Fsp3) is 1.00. The summed E-state index contributed by atoms with van der Waals surface area (Å²) in [6.45, 7) is 2.39. The molecule has 1 aliphatic carbocycles. The van der Waals surface area contributed by atoms with Gasteiger partial charge in [-0.2, -0.15) is 0 Å². The van der Waals surface area contributed by atoms with Gasteiger partial charge in [-0.25, -0.2) is 0 Å². The Morgan fingerprint density at radius 2 is 1.71 bits per heavy atom. The predicted octanol–water partition coefficient (Wildman–Crippen LogP) is 3.38. The first-order valence-corrected chi connectivity index (χ1v) is 6.81. The van der Waals surface area contributed by atoms with Crippen LogP contribution >= 0.6 is 0 Å². The fourth-order valence-electron chi connectivity index (χ4n) is 3.35. The van der Waals surface area contributed by atoms with Crippen LogP contribution in [-0.4, -0.2) is 35.4 Å². The van der Waals surface area contributed by atoms with Crippen molar-refractivity contribution in [3.63, 3.8) is 0 Å². The van der Waals surface area contributed by atoms with Crippen molar-refractivity contribution in [2.75, 3.05) is 0 Å². The third-order valence-corrected chi connectivity index (χ3v) is 4.13. The topological polar surface area (TPSA) is 0 Å². The zero-order chi connectivity index (χ0) is 10.4. The van der Waals surface area contributed by atoms with E-state index in [-0.39, 0.29) is 0 Å². The van der Waals surface area contributed by atoms with E-state index in [0.717, 1.165) is 17.8 Å². The van der Waals surface area contributed by atoms with Crippen LogP contribution in [0.1, 0.15) is 45.4 Å². The van der Waals surface area contributed by atoms with Crippen LogP contribution in [0.5, 0.6) is 0 Å². The van der Waals surface area contributed by atoms with Crippen LogP contribution in [0.4, 0.5) is 0 Å². The SMILES string of the molecule is [Li][CH2]CC1CCC(C[CH2][Li])C(CC)C1. The fourth-order valence-corrected chi connectivity index (χ4v) is 3.35. The van der Waals surface area contributed by atoms with Gasteiger partial charge in [-0.15, -0.1) is 0 Å². The van der Waals surface area contributed by atoms with E-state index in [1.807, 2.05) is 0 Å². The minimum absolute atomic E-state index is 1.06. The Bertz CT molecular complexity index is 147. The third kappa shape index (κ3) is 3.98. The van der Waals surface area contributed by atoms with Gasteiger partial charge < -0.3 is 0 Å². The Hall–Kier alpha value is 1.19. The zero-order valence-corrected chi connectivity index (χ0v) is 10.4. The van der Waals surface area contributed by atoms with Crippen LogP contribution in [0.25, 0.3) is 0 Å². The van der Waals surface area contributed by atoms with Crippen molar-refractivity contribution in [1.29, 1.82) is 0 Å². The van der Waals surface area contributed by atoms with E-state index in [4.69, 9.17) is 0 Å². The van der Waals surface area contributed by atoms with Gasteiger partial charge in [0.1, 0.15) is 0 Å². The van der Waals surface area contributed by atoms with Gasteiger partial charge in [-0.05, 0) is 0 Å². The molecule has 3 unspecified atom stereocenters. The zero-order valence-electron chi connectivity index (χ0n) is 10.4. The summed E-state index contributed by atoms with van der Waals surface area (Å²) < 4.78 is 0. The average molecular weight is 180 g/mol. The van der Waals surface area contributed by atoms with Crippen LogP contribution in [-0.2, 0) is 0 Å². The summed E-state index contributed by atoms with van der Waals surface area (Å²) in [4.78, 5) is 0. The van der Waals surface area contributed by atoms with Crippen LogP contribution in [0.3, 0.4) is 0 Å². The quantitative estimate of drug-likeness (QED) is 0.569. The molecule has 1 fully saturated rings. The molecule has 0 nitrogen and oxygen atoms in total. The van der Waals surface area contributed by atoms with Gasteiger partial charge in [-0.3, -0.25) is 0 Å². The molecule has 1 saturated carbocycles. The molecule has 0 spiro atoms. The maximum atomic E-state index is 2.39. The number of hydrogen-bond acceptors (Lipinski definition) is 0. The molecule has 0 saturated heterocycles. The Morgan fingerprint density at radius 1 is 1.00 bits per heavy atom. The number of rotatable bonds is 5. The molecule has 3 atom stereocenters. The van der Waals surface area contributed by atoms with E-state index >= 15 is 0 Å². The Morgan fingerprint density at radius 3 is 2.29 bits per heavy atom. The van der Waals surface area contributed by atoms with Gasteiger partial charge in [0.25, 0.3) is 0 Å². The van der Waals surface area contributed by atoms with Gasteiger partial charge in [0.2, 0.25) is 0 Å². The van der Waals surface area contributed by atoms with Crippen molar-refractivity contribution in [3.05, 3.63) is 0 Å². The molecule has 0 radical (unpaired) electrons. The monoisotopic (exact) mass is 180 g/mol. The molecule has 0 aliphatic heterocycles. The molecule has 0 aromatic carbocycles. The van der Waals surface area contributed by atoms with Crippen molar-refractivity contribution >= 4 is 35.4 Å². The third-order valence-electron chi connectivity index (χ3n) is 4.13. The molecule has 0 aromatic rings. The first-order chi connectivity index (χ1) is 6.81. The summed E-state index contributed by atoms with van der Waals surface area (Å²) in [6.07, 6.45) is 8.97. The first kappa shape index (κ1) is 13.3. The average Bonchev–Trinajstić information content (AvgIpc) is 2.21. The molecule has 0 bridgehead atoms. The standard InChI is InChI=1S/C12H22.2Li/c1-4-10-7-8-11(5-2)12(6-3)9-10;;/h10-12H,1-2,4-9H2,3H3;;. The van der Waals surface area contributed by atoms with Crippen LogP contribution in [0.2, 0.25) is 10.2 Å². The Labute approximate surface area is 108 Å². The van der Waals surface area contributed by atoms with Crippen LogP contribution in [0, 0.1) is 17.8 Å². The molecule has 0 amide bonds. The van der Waals surface area contributed by atoms with Crippen LogP contribution in [0.15, 0.2) is 0 Å². The molecule has 0 aromatic heterocycles. The molecule has 1 rings (SSSR count). The summed E-state index contributed by atoms with van der Waals surface area (Å²) in [5.41, 5.74) is 0. The van der Waals surface area contributed by atoms with E-state index in [9.17, 15) is 0 Å². The van der Waals surface area contributed by atoms with Crippen molar-refractivity contribution < 1.29 is 0 Å². The van der Waals surface area contributed by atoms with Crippen molar-refractivity contribution in [1.82, 2.24) is 0 Å². The molecule has 14 heavy (non-hydrogen) atoms. The number of hydrogen-bond donors (Lipinski definition) is 0. The summed E-state index contributed by atoms with van der Waals surface area (Å²) in [6, 6.07) is 0. The summed E-state index contributed by atoms with van der Waals surface area (Å²) >= 11 is 4.67. The van der Waals surface area contributed by atoms with Gasteiger partial charge in [0, 0.05) is 0 Å². The van der Waals surface area contributed by atoms with E-state index in [1.54, 1.807) is 0 Å². The Balaban J connectivity index is 2.37. The molecular weight excluding hydrogens is 158 g/mol. The summed E-state index contributed by atoms with van der Waals surface area (Å²) in [7, 11) is 0. The predicted molar refractivity (Wildman–Crippen MR) is 65.0 cm³/mol. The van der Waals surface area contributed by atoms with Crippen molar-refractivity contribution in [2.24, 2.45) is 17.8 Å².